The first-order valence-corrected chi connectivity index (χ1v) is 13.0. The van der Waals surface area contributed by atoms with Gasteiger partial charge in [-0.05, 0) is 56.9 Å². The molecule has 0 spiro atoms. The number of unbranched alkanes of at least 4 members (excludes halogenated alkanes) is 1. The highest BCUT2D eigenvalue weighted by Gasteiger charge is 2.25. The van der Waals surface area contributed by atoms with Gasteiger partial charge in [0.15, 0.2) is 6.10 Å². The van der Waals surface area contributed by atoms with Crippen LogP contribution in [0.25, 0.3) is 10.9 Å². The minimum Gasteiger partial charge on any atom is -0.485 e. The number of nitrogens with zero attached hydrogens (tertiary/aromatic N) is 4. The molecule has 3 rings (SSSR count). The van der Waals surface area contributed by atoms with E-state index in [-0.39, 0.29) is 23.7 Å². The van der Waals surface area contributed by atoms with E-state index in [1.54, 1.807) is 15.5 Å². The van der Waals surface area contributed by atoms with E-state index in [1.807, 2.05) is 13.0 Å². The summed E-state index contributed by atoms with van der Waals surface area (Å²) in [6.07, 6.45) is 6.66. The van der Waals surface area contributed by atoms with E-state index in [9.17, 15) is 23.2 Å². The number of ether oxygens (including phenoxy) is 1. The van der Waals surface area contributed by atoms with Gasteiger partial charge in [0.2, 0.25) is 6.41 Å². The Bertz CT molecular complexity index is 1300. The van der Waals surface area contributed by atoms with Gasteiger partial charge in [0.1, 0.15) is 19.1 Å². The van der Waals surface area contributed by atoms with E-state index in [0.29, 0.717) is 31.4 Å². The lowest BCUT2D eigenvalue weighted by molar-refractivity contribution is -0.119. The molecule has 8 nitrogen and oxygen atoms in total. The van der Waals surface area contributed by atoms with Crippen LogP contribution in [-0.2, 0) is 11.3 Å². The number of piperidine rings is 1. The first-order valence-electron chi connectivity index (χ1n) is 13.0. The summed E-state index contributed by atoms with van der Waals surface area (Å²) in [6.45, 7) is 6.60. The van der Waals surface area contributed by atoms with Crippen LogP contribution in [-0.4, -0.2) is 58.7 Å². The number of allylic oxidation sites excluding steroid dienone is 2. The molecule has 1 saturated heterocycles. The number of rotatable bonds is 13. The highest BCUT2D eigenvalue weighted by atomic mass is 19.1. The maximum atomic E-state index is 13.8. The van der Waals surface area contributed by atoms with Crippen LogP contribution in [0.3, 0.4) is 0 Å². The number of fused-ring (bicyclic) bond motifs is 1. The van der Waals surface area contributed by atoms with Crippen molar-refractivity contribution in [2.24, 2.45) is 4.99 Å². The highest BCUT2D eigenvalue weighted by molar-refractivity contribution is 5.95. The maximum absolute atomic E-state index is 13.8. The van der Waals surface area contributed by atoms with Gasteiger partial charge in [0, 0.05) is 31.0 Å². The summed E-state index contributed by atoms with van der Waals surface area (Å²) in [4.78, 5) is 44.5. The third-order valence-electron chi connectivity index (χ3n) is 6.66. The van der Waals surface area contributed by atoms with Gasteiger partial charge in [0.25, 0.3) is 5.56 Å². The van der Waals surface area contributed by atoms with Crippen molar-refractivity contribution in [1.82, 2.24) is 14.0 Å². The summed E-state index contributed by atoms with van der Waals surface area (Å²) in [6, 6.07) is 4.31. The van der Waals surface area contributed by atoms with Crippen LogP contribution >= 0.6 is 0 Å². The number of hydrogen-bond acceptors (Lipinski definition) is 5. The summed E-state index contributed by atoms with van der Waals surface area (Å²) in [5, 5.41) is 0.218. The van der Waals surface area contributed by atoms with E-state index in [0.717, 1.165) is 37.0 Å². The molecule has 1 aliphatic rings. The van der Waals surface area contributed by atoms with Crippen molar-refractivity contribution >= 4 is 23.0 Å². The monoisotopic (exact) mass is 530 g/mol. The predicted molar refractivity (Wildman–Crippen MR) is 146 cm³/mol. The van der Waals surface area contributed by atoms with Crippen molar-refractivity contribution in [1.29, 1.82) is 0 Å². The van der Waals surface area contributed by atoms with Crippen LogP contribution in [0.15, 0.2) is 57.2 Å². The molecule has 206 valence electrons. The fraction of sp³-hybridized carbons (Fsp3) is 0.500. The molecule has 10 heteroatoms. The number of halogens is 2. The zero-order valence-corrected chi connectivity index (χ0v) is 22.1. The van der Waals surface area contributed by atoms with Crippen LogP contribution in [0.4, 0.5) is 8.78 Å². The van der Waals surface area contributed by atoms with E-state index < -0.39 is 30.7 Å². The smallest absolute Gasteiger partial charge is 0.332 e. The highest BCUT2D eigenvalue weighted by Crippen LogP contribution is 2.26. The molecular weight excluding hydrogens is 494 g/mol. The summed E-state index contributed by atoms with van der Waals surface area (Å²) < 4.78 is 34.3. The zero-order valence-electron chi connectivity index (χ0n) is 22.1. The molecule has 1 fully saturated rings. The van der Waals surface area contributed by atoms with Gasteiger partial charge in [-0.3, -0.25) is 23.7 Å². The van der Waals surface area contributed by atoms with Crippen LogP contribution in [0.2, 0.25) is 0 Å². The number of likely N-dealkylation sites (tertiary alicyclic amines) is 1. The zero-order chi connectivity index (χ0) is 27.7. The molecule has 38 heavy (non-hydrogen) atoms. The Kier molecular flexibility index (Phi) is 10.6. The number of benzene rings is 1. The molecule has 0 radical (unpaired) electrons. The van der Waals surface area contributed by atoms with Crippen LogP contribution < -0.4 is 16.0 Å². The van der Waals surface area contributed by atoms with Crippen molar-refractivity contribution in [2.45, 2.75) is 64.6 Å². The van der Waals surface area contributed by atoms with Crippen molar-refractivity contribution < 1.29 is 18.3 Å². The largest absolute Gasteiger partial charge is 0.485 e. The summed E-state index contributed by atoms with van der Waals surface area (Å²) >= 11 is 0. The molecule has 0 unspecified atom stereocenters. The molecule has 1 amide bonds. The molecule has 2 aromatic rings. The molecule has 2 heterocycles. The van der Waals surface area contributed by atoms with Crippen LogP contribution in [0.5, 0.6) is 5.75 Å². The fourth-order valence-electron chi connectivity index (χ4n) is 4.70. The number of alkyl halides is 2. The predicted octanol–water partition coefficient (Wildman–Crippen LogP) is 4.36. The van der Waals surface area contributed by atoms with E-state index in [4.69, 9.17) is 4.74 Å². The Labute approximate surface area is 220 Å². The topological polar surface area (TPSA) is 85.9 Å². The Balaban J connectivity index is 2.13. The number of amides is 1. The molecule has 1 aromatic carbocycles. The fourth-order valence-corrected chi connectivity index (χ4v) is 4.70. The Morgan fingerprint density at radius 1 is 1.24 bits per heavy atom. The maximum Gasteiger partial charge on any atom is 0.332 e. The Hall–Kier alpha value is -3.56. The Morgan fingerprint density at radius 3 is 2.55 bits per heavy atom. The third kappa shape index (κ3) is 6.85. The van der Waals surface area contributed by atoms with Gasteiger partial charge >= 0.3 is 5.69 Å². The molecule has 0 N–H and O–H groups in total. The molecule has 0 aliphatic carbocycles. The SMILES string of the molecule is C=CN=C(/C=C(\C)Cn1c(=O)c2cc(OC(CF)CF)ccc2n(C2CCN(C=O)CC2)c1=O)CCCC. The van der Waals surface area contributed by atoms with Crippen molar-refractivity contribution in [2.75, 3.05) is 26.4 Å². The third-order valence-corrected chi connectivity index (χ3v) is 6.66. The first kappa shape index (κ1) is 29.0. The molecule has 1 aromatic heterocycles. The van der Waals surface area contributed by atoms with E-state index >= 15 is 0 Å². The Morgan fingerprint density at radius 2 is 1.95 bits per heavy atom. The van der Waals surface area contributed by atoms with Crippen LogP contribution in [0, 0.1) is 0 Å². The van der Waals surface area contributed by atoms with Gasteiger partial charge in [0.05, 0.1) is 17.4 Å². The van der Waals surface area contributed by atoms with Gasteiger partial charge in [-0.15, -0.1) is 0 Å². The second kappa shape index (κ2) is 13.8. The van der Waals surface area contributed by atoms with E-state index in [1.165, 1.54) is 22.9 Å². The average Bonchev–Trinajstić information content (AvgIpc) is 2.93. The number of carbonyl (C=O) groups excluding carboxylic acids is 1. The molecule has 0 bridgehead atoms. The van der Waals surface area contributed by atoms with Crippen molar-refractivity contribution in [3.05, 3.63) is 63.5 Å². The molecule has 0 atom stereocenters. The van der Waals surface area contributed by atoms with Gasteiger partial charge in [-0.25, -0.2) is 13.6 Å². The number of hydrogen-bond donors (Lipinski definition) is 0. The minimum absolute atomic E-state index is 0.0474. The first-order chi connectivity index (χ1) is 18.4. The normalized spacial score (nSPS) is 15.3. The average molecular weight is 531 g/mol. The number of carbonyl (C=O) groups is 1. The van der Waals surface area contributed by atoms with Crippen molar-refractivity contribution in [3.8, 4) is 5.75 Å². The number of aromatic nitrogens is 2. The molecule has 0 saturated carbocycles. The lowest BCUT2D eigenvalue weighted by Gasteiger charge is -2.31. The standard InChI is InChI=1S/C28H36F2N4O4/c1-4-6-7-21(31-5-2)14-20(3)18-33-27(36)25-15-23(38-24(16-29)17-30)8-9-26(25)34(28(33)37)22-10-12-32(19-35)13-11-22/h5,8-9,14-15,19,22,24H,2,4,6-7,10-13,16-18H2,1,3H3/b20-14+,31-21?. The quantitative estimate of drug-likeness (QED) is 0.284. The second-order valence-electron chi connectivity index (χ2n) is 9.54. The van der Waals surface area contributed by atoms with Crippen molar-refractivity contribution in [3.63, 3.8) is 0 Å². The summed E-state index contributed by atoms with van der Waals surface area (Å²) in [5.41, 5.74) is 1.04. The van der Waals surface area contributed by atoms with Crippen LogP contribution in [0.1, 0.15) is 52.0 Å². The molecular formula is C28H36F2N4O4. The van der Waals surface area contributed by atoms with Gasteiger partial charge in [-0.2, -0.15) is 0 Å². The summed E-state index contributed by atoms with van der Waals surface area (Å²) in [5.74, 6) is 0.148. The second-order valence-corrected chi connectivity index (χ2v) is 9.54. The van der Waals surface area contributed by atoms with Gasteiger partial charge < -0.3 is 9.64 Å². The van der Waals surface area contributed by atoms with E-state index in [2.05, 4.69) is 18.5 Å². The number of aliphatic imine (C=N–C) groups is 1. The molecule has 1 aliphatic heterocycles. The minimum atomic E-state index is -1.27. The lowest BCUT2D eigenvalue weighted by atomic mass is 10.0. The lowest BCUT2D eigenvalue weighted by Crippen LogP contribution is -2.44. The van der Waals surface area contributed by atoms with Gasteiger partial charge in [-0.1, -0.05) is 25.5 Å². The summed E-state index contributed by atoms with van der Waals surface area (Å²) in [7, 11) is 0.